The van der Waals surface area contributed by atoms with E-state index in [2.05, 4.69) is 0 Å². The number of rotatable bonds is 5. The van der Waals surface area contributed by atoms with Crippen LogP contribution in [0.5, 0.6) is 5.75 Å². The number of nitrogens with zero attached hydrogens (tertiary/aromatic N) is 2. The molecule has 0 saturated carbocycles. The van der Waals surface area contributed by atoms with Gasteiger partial charge in [-0.1, -0.05) is 0 Å². The molecule has 3 rings (SSSR count). The van der Waals surface area contributed by atoms with Crippen molar-refractivity contribution in [3.05, 3.63) is 54.1 Å². The van der Waals surface area contributed by atoms with E-state index in [1.807, 2.05) is 6.92 Å². The summed E-state index contributed by atoms with van der Waals surface area (Å²) in [6.07, 6.45) is 0. The molecular weight excluding hydrogens is 362 g/mol. The first-order chi connectivity index (χ1) is 12.4. The fourth-order valence-corrected chi connectivity index (χ4v) is 4.35. The van der Waals surface area contributed by atoms with Gasteiger partial charge in [-0.25, -0.2) is 17.2 Å². The summed E-state index contributed by atoms with van der Waals surface area (Å²) >= 11 is 0. The van der Waals surface area contributed by atoms with Crippen LogP contribution in [0.4, 0.5) is 14.5 Å². The largest absolute Gasteiger partial charge is 0.494 e. The Balaban J connectivity index is 1.70. The zero-order chi connectivity index (χ0) is 18.7. The van der Waals surface area contributed by atoms with Gasteiger partial charge in [-0.15, -0.1) is 0 Å². The van der Waals surface area contributed by atoms with Crippen LogP contribution in [0, 0.1) is 11.6 Å². The van der Waals surface area contributed by atoms with Crippen LogP contribution in [0.25, 0.3) is 0 Å². The van der Waals surface area contributed by atoms with Crippen molar-refractivity contribution in [3.63, 3.8) is 0 Å². The number of piperazine rings is 1. The summed E-state index contributed by atoms with van der Waals surface area (Å²) in [5.74, 6) is -0.668. The third-order valence-corrected chi connectivity index (χ3v) is 6.17. The van der Waals surface area contributed by atoms with Crippen LogP contribution >= 0.6 is 0 Å². The molecule has 0 aliphatic carbocycles. The van der Waals surface area contributed by atoms with Gasteiger partial charge in [0, 0.05) is 32.2 Å². The van der Waals surface area contributed by atoms with Gasteiger partial charge in [-0.05, 0) is 43.3 Å². The van der Waals surface area contributed by atoms with E-state index in [1.54, 1.807) is 17.0 Å². The first kappa shape index (κ1) is 18.6. The number of benzene rings is 2. The second kappa shape index (κ2) is 7.59. The maximum absolute atomic E-state index is 13.9. The Morgan fingerprint density at radius 3 is 2.23 bits per heavy atom. The first-order valence-corrected chi connectivity index (χ1v) is 9.79. The van der Waals surface area contributed by atoms with Gasteiger partial charge in [-0.3, -0.25) is 0 Å². The molecule has 1 saturated heterocycles. The standard InChI is InChI=1S/C18H20F2N2O3S/c1-2-25-15-4-6-16(7-5-15)26(23,24)22-11-9-21(10-12-22)18-8-3-14(19)13-17(18)20/h3-8,13H,2,9-12H2,1H3. The maximum Gasteiger partial charge on any atom is 0.243 e. The van der Waals surface area contributed by atoms with Crippen LogP contribution in [0.3, 0.4) is 0 Å². The van der Waals surface area contributed by atoms with E-state index >= 15 is 0 Å². The number of halogens is 2. The fraction of sp³-hybridized carbons (Fsp3) is 0.333. The quantitative estimate of drug-likeness (QED) is 0.798. The second-order valence-electron chi connectivity index (χ2n) is 5.89. The van der Waals surface area contributed by atoms with Crippen molar-refractivity contribution in [2.24, 2.45) is 0 Å². The molecule has 0 bridgehead atoms. The SMILES string of the molecule is CCOc1ccc(S(=O)(=O)N2CCN(c3ccc(F)cc3F)CC2)cc1. The molecule has 5 nitrogen and oxygen atoms in total. The van der Waals surface area contributed by atoms with E-state index in [0.29, 0.717) is 25.4 Å². The monoisotopic (exact) mass is 382 g/mol. The molecule has 0 spiro atoms. The van der Waals surface area contributed by atoms with Crippen LogP contribution in [0.15, 0.2) is 47.4 Å². The van der Waals surface area contributed by atoms with Gasteiger partial charge in [0.05, 0.1) is 17.2 Å². The van der Waals surface area contributed by atoms with Crippen molar-refractivity contribution in [2.75, 3.05) is 37.7 Å². The summed E-state index contributed by atoms with van der Waals surface area (Å²) in [5, 5.41) is 0. The first-order valence-electron chi connectivity index (χ1n) is 8.35. The molecule has 26 heavy (non-hydrogen) atoms. The van der Waals surface area contributed by atoms with E-state index in [4.69, 9.17) is 4.74 Å². The van der Waals surface area contributed by atoms with Crippen molar-refractivity contribution < 1.29 is 21.9 Å². The van der Waals surface area contributed by atoms with Gasteiger partial charge in [0.2, 0.25) is 10.0 Å². The maximum atomic E-state index is 13.9. The number of hydrogen-bond acceptors (Lipinski definition) is 4. The average molecular weight is 382 g/mol. The van der Waals surface area contributed by atoms with Gasteiger partial charge >= 0.3 is 0 Å². The molecule has 1 aliphatic heterocycles. The molecule has 0 amide bonds. The molecule has 1 fully saturated rings. The number of hydrogen-bond donors (Lipinski definition) is 0. The third-order valence-electron chi connectivity index (χ3n) is 4.26. The van der Waals surface area contributed by atoms with Gasteiger partial charge in [-0.2, -0.15) is 4.31 Å². The normalized spacial score (nSPS) is 15.9. The molecule has 0 N–H and O–H groups in total. The van der Waals surface area contributed by atoms with Crippen LogP contribution in [-0.4, -0.2) is 45.5 Å². The average Bonchev–Trinajstić information content (AvgIpc) is 2.63. The third kappa shape index (κ3) is 3.81. The van der Waals surface area contributed by atoms with Crippen molar-refractivity contribution >= 4 is 15.7 Å². The van der Waals surface area contributed by atoms with E-state index in [1.165, 1.54) is 28.6 Å². The van der Waals surface area contributed by atoms with Gasteiger partial charge in [0.15, 0.2) is 0 Å². The predicted octanol–water partition coefficient (Wildman–Crippen LogP) is 2.87. The Bertz CT molecular complexity index is 865. The highest BCUT2D eigenvalue weighted by Gasteiger charge is 2.29. The molecule has 2 aromatic rings. The molecular formula is C18H20F2N2O3S. The number of sulfonamides is 1. The molecule has 0 aromatic heterocycles. The summed E-state index contributed by atoms with van der Waals surface area (Å²) in [6, 6.07) is 9.70. The molecule has 8 heteroatoms. The summed E-state index contributed by atoms with van der Waals surface area (Å²) in [6.45, 7) is 3.48. The summed E-state index contributed by atoms with van der Waals surface area (Å²) in [5.41, 5.74) is 0.282. The van der Waals surface area contributed by atoms with Crippen LogP contribution < -0.4 is 9.64 Å². The zero-order valence-corrected chi connectivity index (χ0v) is 15.2. The Morgan fingerprint density at radius 2 is 1.65 bits per heavy atom. The van der Waals surface area contributed by atoms with E-state index in [0.717, 1.165) is 6.07 Å². The fourth-order valence-electron chi connectivity index (χ4n) is 2.93. The topological polar surface area (TPSA) is 49.9 Å². The molecule has 140 valence electrons. The molecule has 1 heterocycles. The van der Waals surface area contributed by atoms with Crippen molar-refractivity contribution in [1.82, 2.24) is 4.31 Å². The van der Waals surface area contributed by atoms with Crippen LogP contribution in [0.2, 0.25) is 0 Å². The molecule has 0 radical (unpaired) electrons. The van der Waals surface area contributed by atoms with Crippen LogP contribution in [0.1, 0.15) is 6.92 Å². The lowest BCUT2D eigenvalue weighted by Gasteiger charge is -2.35. The number of ether oxygens (including phenoxy) is 1. The number of anilines is 1. The minimum Gasteiger partial charge on any atom is -0.494 e. The highest BCUT2D eigenvalue weighted by atomic mass is 32.2. The van der Waals surface area contributed by atoms with Crippen molar-refractivity contribution in [1.29, 1.82) is 0 Å². The minimum atomic E-state index is -3.62. The molecule has 0 unspecified atom stereocenters. The lowest BCUT2D eigenvalue weighted by atomic mass is 10.2. The Labute approximate surface area is 151 Å². The summed E-state index contributed by atoms with van der Waals surface area (Å²) in [7, 11) is -3.62. The summed E-state index contributed by atoms with van der Waals surface area (Å²) < 4.78 is 59.2. The highest BCUT2D eigenvalue weighted by molar-refractivity contribution is 7.89. The lowest BCUT2D eigenvalue weighted by molar-refractivity contribution is 0.340. The lowest BCUT2D eigenvalue weighted by Crippen LogP contribution is -2.48. The second-order valence-corrected chi connectivity index (χ2v) is 7.83. The van der Waals surface area contributed by atoms with Gasteiger partial charge in [0.25, 0.3) is 0 Å². The van der Waals surface area contributed by atoms with E-state index in [9.17, 15) is 17.2 Å². The smallest absolute Gasteiger partial charge is 0.243 e. The Kier molecular flexibility index (Phi) is 5.43. The van der Waals surface area contributed by atoms with Gasteiger partial charge < -0.3 is 9.64 Å². The molecule has 0 atom stereocenters. The van der Waals surface area contributed by atoms with E-state index < -0.39 is 21.7 Å². The zero-order valence-electron chi connectivity index (χ0n) is 14.4. The van der Waals surface area contributed by atoms with E-state index in [-0.39, 0.29) is 23.7 Å². The van der Waals surface area contributed by atoms with Gasteiger partial charge in [0.1, 0.15) is 17.4 Å². The van der Waals surface area contributed by atoms with Crippen molar-refractivity contribution in [2.45, 2.75) is 11.8 Å². The summed E-state index contributed by atoms with van der Waals surface area (Å²) in [4.78, 5) is 1.92. The predicted molar refractivity (Wildman–Crippen MR) is 94.9 cm³/mol. The molecule has 1 aliphatic rings. The highest BCUT2D eigenvalue weighted by Crippen LogP contribution is 2.25. The minimum absolute atomic E-state index is 0.197. The Hall–Kier alpha value is -2.19. The van der Waals surface area contributed by atoms with Crippen molar-refractivity contribution in [3.8, 4) is 5.75 Å². The molecule has 2 aromatic carbocycles. The Morgan fingerprint density at radius 1 is 1.00 bits per heavy atom. The van der Waals surface area contributed by atoms with Crippen LogP contribution in [-0.2, 0) is 10.0 Å².